The van der Waals surface area contributed by atoms with Crippen LogP contribution in [0.25, 0.3) is 5.70 Å². The summed E-state index contributed by atoms with van der Waals surface area (Å²) in [5.74, 6) is 0.462. The third kappa shape index (κ3) is 6.05. The highest BCUT2D eigenvalue weighted by Gasteiger charge is 2.49. The highest BCUT2D eigenvalue weighted by atomic mass is 16.5. The summed E-state index contributed by atoms with van der Waals surface area (Å²) in [6.07, 6.45) is 10.2. The van der Waals surface area contributed by atoms with Crippen molar-refractivity contribution in [3.8, 4) is 5.88 Å². The number of carbonyl (C=O) groups excluding carboxylic acids is 2. The molecule has 0 amide bonds. The van der Waals surface area contributed by atoms with Crippen LogP contribution in [0.1, 0.15) is 88.6 Å². The van der Waals surface area contributed by atoms with Crippen LogP contribution in [-0.4, -0.2) is 76.2 Å². The number of ketones is 2. The van der Waals surface area contributed by atoms with Crippen LogP contribution in [0.2, 0.25) is 0 Å². The predicted octanol–water partition coefficient (Wildman–Crippen LogP) is 3.35. The highest BCUT2D eigenvalue weighted by molar-refractivity contribution is 6.17. The normalized spacial score (nSPS) is 27.9. The van der Waals surface area contributed by atoms with Crippen molar-refractivity contribution in [2.75, 3.05) is 32.5 Å². The third-order valence-corrected chi connectivity index (χ3v) is 10.0. The van der Waals surface area contributed by atoms with E-state index in [1.54, 1.807) is 22.9 Å². The molecule has 240 valence electrons. The fourth-order valence-corrected chi connectivity index (χ4v) is 7.39. The molecule has 12 heteroatoms. The van der Waals surface area contributed by atoms with Crippen molar-refractivity contribution in [2.24, 2.45) is 16.1 Å². The number of allylic oxidation sites excluding steroid dienone is 1. The molecule has 4 aliphatic rings. The maximum Gasteiger partial charge on any atom is 0.274 e. The molecule has 0 radical (unpaired) electrons. The maximum absolute atomic E-state index is 13.9. The maximum atomic E-state index is 13.9. The lowest BCUT2D eigenvalue weighted by molar-refractivity contribution is -0.143. The van der Waals surface area contributed by atoms with Gasteiger partial charge in [-0.25, -0.2) is 9.98 Å². The molecule has 4 N–H and O–H groups in total. The Morgan fingerprint density at radius 3 is 2.71 bits per heavy atom. The van der Waals surface area contributed by atoms with Crippen molar-refractivity contribution in [1.29, 1.82) is 0 Å². The van der Waals surface area contributed by atoms with Gasteiger partial charge in [0.15, 0.2) is 17.4 Å². The number of Topliss-reactive ketones (excluding diaryl/α,β-unsaturated/α-hetero) is 2. The Kier molecular flexibility index (Phi) is 8.87. The Hall–Kier alpha value is -3.90. The summed E-state index contributed by atoms with van der Waals surface area (Å²) < 4.78 is 13.4. The van der Waals surface area contributed by atoms with Gasteiger partial charge in [0.1, 0.15) is 17.6 Å². The van der Waals surface area contributed by atoms with Crippen LogP contribution < -0.4 is 21.8 Å². The summed E-state index contributed by atoms with van der Waals surface area (Å²) in [5, 5.41) is 0. The average Bonchev–Trinajstić information content (AvgIpc) is 3.72. The van der Waals surface area contributed by atoms with Crippen LogP contribution >= 0.6 is 0 Å². The van der Waals surface area contributed by atoms with Gasteiger partial charge in [-0.3, -0.25) is 19.3 Å². The highest BCUT2D eigenvalue weighted by Crippen LogP contribution is 2.45. The molecular weight excluding hydrogens is 574 g/mol. The second kappa shape index (κ2) is 12.8. The number of nitrogens with two attached hydrogens (primary N) is 2. The number of pyridine rings is 1. The SMILES string of the molecule is C[C@H](Oc1cc(N=Cc2ccn([C@@H]3CCOC3)c(=O)c2N)nc(C(N)=C2CCC[C@@]3(CCCCC3=O)C2=O)n1)[C@@H]1CCCN1C. The van der Waals surface area contributed by atoms with E-state index in [-0.39, 0.29) is 64.2 Å². The van der Waals surface area contributed by atoms with Gasteiger partial charge in [-0.2, -0.15) is 4.98 Å². The van der Waals surface area contributed by atoms with Crippen LogP contribution in [0.15, 0.2) is 33.7 Å². The Morgan fingerprint density at radius 2 is 1.98 bits per heavy atom. The topological polar surface area (TPSA) is 168 Å². The van der Waals surface area contributed by atoms with E-state index in [0.29, 0.717) is 56.5 Å². The second-order valence-corrected chi connectivity index (χ2v) is 12.9. The van der Waals surface area contributed by atoms with Crippen LogP contribution in [0.5, 0.6) is 5.88 Å². The minimum Gasteiger partial charge on any atom is -0.473 e. The number of aromatic nitrogens is 3. The number of nitrogen functional groups attached to an aromatic ring is 1. The zero-order valence-electron chi connectivity index (χ0n) is 26.2. The molecule has 0 unspecified atom stereocenters. The van der Waals surface area contributed by atoms with E-state index in [2.05, 4.69) is 26.9 Å². The van der Waals surface area contributed by atoms with Gasteiger partial charge in [0.25, 0.3) is 5.56 Å². The van der Waals surface area contributed by atoms with Crippen LogP contribution in [0.3, 0.4) is 0 Å². The third-order valence-electron chi connectivity index (χ3n) is 10.0. The average molecular weight is 618 g/mol. The zero-order chi connectivity index (χ0) is 31.7. The molecule has 2 aromatic heterocycles. The second-order valence-electron chi connectivity index (χ2n) is 12.9. The first-order chi connectivity index (χ1) is 21.7. The van der Waals surface area contributed by atoms with Gasteiger partial charge in [0, 0.05) is 48.7 Å². The number of nitrogens with zero attached hydrogens (tertiary/aromatic N) is 5. The van der Waals surface area contributed by atoms with E-state index < -0.39 is 5.41 Å². The Balaban J connectivity index is 1.35. The summed E-state index contributed by atoms with van der Waals surface area (Å²) in [4.78, 5) is 56.0. The van der Waals surface area contributed by atoms with E-state index in [1.165, 1.54) is 6.21 Å². The number of carbonyl (C=O) groups is 2. The molecule has 4 atom stereocenters. The van der Waals surface area contributed by atoms with Gasteiger partial charge >= 0.3 is 0 Å². The quantitative estimate of drug-likeness (QED) is 0.267. The molecular formula is C33H43N7O5. The molecule has 2 aliphatic heterocycles. The molecule has 4 heterocycles. The number of aliphatic imine (C=N–C) groups is 1. The molecule has 1 spiro atoms. The molecule has 2 aromatic rings. The van der Waals surface area contributed by atoms with E-state index in [1.807, 2.05) is 6.92 Å². The van der Waals surface area contributed by atoms with Crippen molar-refractivity contribution in [3.63, 3.8) is 0 Å². The Morgan fingerprint density at radius 1 is 1.16 bits per heavy atom. The van der Waals surface area contributed by atoms with Gasteiger partial charge in [0.2, 0.25) is 5.88 Å². The van der Waals surface area contributed by atoms with Crippen molar-refractivity contribution in [1.82, 2.24) is 19.4 Å². The molecule has 2 saturated heterocycles. The van der Waals surface area contributed by atoms with Crippen LogP contribution in [0.4, 0.5) is 11.5 Å². The zero-order valence-corrected chi connectivity index (χ0v) is 26.2. The fraction of sp³-hybridized carbons (Fsp3) is 0.576. The van der Waals surface area contributed by atoms with Crippen molar-refractivity contribution >= 4 is 35.0 Å². The van der Waals surface area contributed by atoms with Crippen molar-refractivity contribution in [2.45, 2.75) is 89.3 Å². The number of rotatable bonds is 7. The minimum absolute atomic E-state index is 0.0153. The van der Waals surface area contributed by atoms with Gasteiger partial charge in [-0.15, -0.1) is 0 Å². The van der Waals surface area contributed by atoms with Gasteiger partial charge in [-0.1, -0.05) is 6.42 Å². The number of ether oxygens (including phenoxy) is 2. The Bertz CT molecular complexity index is 1590. The van der Waals surface area contributed by atoms with Crippen LogP contribution in [0, 0.1) is 5.41 Å². The van der Waals surface area contributed by atoms with E-state index in [4.69, 9.17) is 20.9 Å². The fourth-order valence-electron chi connectivity index (χ4n) is 7.39. The standard InChI is InChI=1S/C33H43N7O5/c1-20(24-8-6-14-39(24)2)45-27-17-26(36-18-21-10-15-40(32(43)28(21)34)22-11-16-44-19-22)37-31(38-27)29(35)23-7-5-13-33(30(23)42)12-4-3-9-25(33)41/h10,15,17-18,20,22,24H,3-9,11-14,16,19,34-35H2,1-2H3/t20-,22+,24-,33+/m0/s1. The summed E-state index contributed by atoms with van der Waals surface area (Å²) >= 11 is 0. The number of likely N-dealkylation sites (tertiary alicyclic amines) is 1. The first-order valence-corrected chi connectivity index (χ1v) is 16.1. The van der Waals surface area contributed by atoms with E-state index >= 15 is 0 Å². The molecule has 12 nitrogen and oxygen atoms in total. The summed E-state index contributed by atoms with van der Waals surface area (Å²) in [6, 6.07) is 3.54. The number of anilines is 1. The van der Waals surface area contributed by atoms with E-state index in [9.17, 15) is 14.4 Å². The summed E-state index contributed by atoms with van der Waals surface area (Å²) in [6.45, 7) is 4.09. The van der Waals surface area contributed by atoms with Crippen LogP contribution in [-0.2, 0) is 14.3 Å². The molecule has 0 aromatic carbocycles. The van der Waals surface area contributed by atoms with Gasteiger partial charge in [0.05, 0.1) is 23.8 Å². The minimum atomic E-state index is -0.991. The monoisotopic (exact) mass is 617 g/mol. The first kappa shape index (κ1) is 31.1. The number of hydrogen-bond acceptors (Lipinski definition) is 11. The lowest BCUT2D eigenvalue weighted by Crippen LogP contribution is -2.45. The largest absolute Gasteiger partial charge is 0.473 e. The molecule has 45 heavy (non-hydrogen) atoms. The summed E-state index contributed by atoms with van der Waals surface area (Å²) in [7, 11) is 2.08. The van der Waals surface area contributed by atoms with Gasteiger partial charge in [-0.05, 0) is 77.9 Å². The number of hydrogen-bond donors (Lipinski definition) is 2. The first-order valence-electron chi connectivity index (χ1n) is 16.1. The Labute approximate surface area is 262 Å². The lowest BCUT2D eigenvalue weighted by Gasteiger charge is -2.38. The number of likely N-dealkylation sites (N-methyl/N-ethyl adjacent to an activating group) is 1. The lowest BCUT2D eigenvalue weighted by atomic mass is 9.62. The molecule has 4 fully saturated rings. The molecule has 2 saturated carbocycles. The predicted molar refractivity (Wildman–Crippen MR) is 170 cm³/mol. The smallest absolute Gasteiger partial charge is 0.274 e. The van der Waals surface area contributed by atoms with E-state index in [0.717, 1.165) is 38.6 Å². The van der Waals surface area contributed by atoms with Gasteiger partial charge < -0.3 is 25.5 Å². The molecule has 2 aliphatic carbocycles. The van der Waals surface area contributed by atoms with Crippen molar-refractivity contribution < 1.29 is 19.1 Å². The molecule has 0 bridgehead atoms. The summed E-state index contributed by atoms with van der Waals surface area (Å²) in [5.41, 5.74) is 12.7. The molecule has 6 rings (SSSR count). The van der Waals surface area contributed by atoms with Crippen molar-refractivity contribution in [3.05, 3.63) is 45.6 Å².